The molecule has 0 radical (unpaired) electrons. The van der Waals surface area contributed by atoms with Gasteiger partial charge >= 0.3 is 0 Å². The molecule has 0 bridgehead atoms. The minimum absolute atomic E-state index is 0.215. The molecule has 7 nitrogen and oxygen atoms in total. The number of nitrogens with one attached hydrogen (secondary N) is 2. The Morgan fingerprint density at radius 2 is 1.87 bits per heavy atom. The lowest BCUT2D eigenvalue weighted by Crippen LogP contribution is -1.98. The van der Waals surface area contributed by atoms with Crippen LogP contribution < -0.4 is 5.43 Å². The lowest BCUT2D eigenvalue weighted by molar-refractivity contribution is 0.475. The van der Waals surface area contributed by atoms with Crippen LogP contribution in [0.2, 0.25) is 0 Å². The number of benzene rings is 2. The molecule has 0 aliphatic rings. The van der Waals surface area contributed by atoms with E-state index in [1.807, 2.05) is 24.3 Å². The van der Waals surface area contributed by atoms with Crippen LogP contribution in [0.5, 0.6) is 5.75 Å². The largest absolute Gasteiger partial charge is 0.508 e. The van der Waals surface area contributed by atoms with Crippen LogP contribution in [0.3, 0.4) is 0 Å². The minimum Gasteiger partial charge on any atom is -0.508 e. The standard InChI is InChI=1S/C16H12N6O/c23-11-7-5-10(6-8-11)9-17-21-16-19-15-14(20-22-16)12-3-1-2-4-13(12)18-15/h1-9,23H,(H2,18,19,21,22)/b17-9+. The van der Waals surface area contributed by atoms with Crippen LogP contribution in [-0.4, -0.2) is 31.5 Å². The smallest absolute Gasteiger partial charge is 0.265 e. The summed E-state index contributed by atoms with van der Waals surface area (Å²) in [5, 5.41) is 22.5. The number of aromatic hydroxyl groups is 1. The molecule has 3 N–H and O–H groups in total. The van der Waals surface area contributed by atoms with Gasteiger partial charge in [0.25, 0.3) is 5.95 Å². The number of H-pyrrole nitrogens is 1. The van der Waals surface area contributed by atoms with E-state index >= 15 is 0 Å². The topological polar surface area (TPSA) is 99.1 Å². The van der Waals surface area contributed by atoms with Crippen LogP contribution in [0.4, 0.5) is 5.95 Å². The summed E-state index contributed by atoms with van der Waals surface area (Å²) < 4.78 is 0. The second-order valence-corrected chi connectivity index (χ2v) is 4.96. The van der Waals surface area contributed by atoms with Gasteiger partial charge in [-0.2, -0.15) is 10.1 Å². The molecule has 2 aromatic heterocycles. The van der Waals surface area contributed by atoms with Crippen molar-refractivity contribution in [2.75, 3.05) is 5.43 Å². The number of aromatic amines is 1. The normalized spacial score (nSPS) is 11.5. The van der Waals surface area contributed by atoms with Crippen molar-refractivity contribution < 1.29 is 5.11 Å². The Balaban J connectivity index is 1.59. The van der Waals surface area contributed by atoms with Crippen molar-refractivity contribution in [3.63, 3.8) is 0 Å². The Kier molecular flexibility index (Phi) is 3.09. The van der Waals surface area contributed by atoms with Crippen LogP contribution in [0.25, 0.3) is 22.1 Å². The van der Waals surface area contributed by atoms with E-state index < -0.39 is 0 Å². The summed E-state index contributed by atoms with van der Waals surface area (Å²) in [6.07, 6.45) is 1.61. The summed E-state index contributed by atoms with van der Waals surface area (Å²) >= 11 is 0. The van der Waals surface area contributed by atoms with Crippen molar-refractivity contribution in [2.45, 2.75) is 0 Å². The van der Waals surface area contributed by atoms with E-state index in [1.54, 1.807) is 30.5 Å². The quantitative estimate of drug-likeness (QED) is 0.399. The first-order chi connectivity index (χ1) is 11.3. The first-order valence-electron chi connectivity index (χ1n) is 6.99. The maximum atomic E-state index is 9.23. The van der Waals surface area contributed by atoms with Gasteiger partial charge in [-0.05, 0) is 35.9 Å². The van der Waals surface area contributed by atoms with Crippen molar-refractivity contribution in [1.29, 1.82) is 0 Å². The zero-order valence-electron chi connectivity index (χ0n) is 11.9. The molecule has 0 amide bonds. The van der Waals surface area contributed by atoms with Gasteiger partial charge in [0.2, 0.25) is 0 Å². The first kappa shape index (κ1) is 13.2. The highest BCUT2D eigenvalue weighted by atomic mass is 16.3. The van der Waals surface area contributed by atoms with E-state index in [0.717, 1.165) is 22.0 Å². The molecular weight excluding hydrogens is 292 g/mol. The van der Waals surface area contributed by atoms with Gasteiger partial charge < -0.3 is 10.1 Å². The van der Waals surface area contributed by atoms with Crippen molar-refractivity contribution >= 4 is 34.2 Å². The highest BCUT2D eigenvalue weighted by Gasteiger charge is 2.07. The number of hydrazone groups is 1. The maximum Gasteiger partial charge on any atom is 0.265 e. The van der Waals surface area contributed by atoms with Gasteiger partial charge in [0.15, 0.2) is 5.65 Å². The zero-order chi connectivity index (χ0) is 15.6. The molecule has 7 heteroatoms. The molecule has 23 heavy (non-hydrogen) atoms. The second kappa shape index (κ2) is 5.38. The number of rotatable bonds is 3. The molecule has 0 fully saturated rings. The molecular formula is C16H12N6O. The van der Waals surface area contributed by atoms with Gasteiger partial charge in [-0.1, -0.05) is 18.2 Å². The molecule has 4 aromatic rings. The summed E-state index contributed by atoms with van der Waals surface area (Å²) in [5.74, 6) is 0.519. The monoisotopic (exact) mass is 304 g/mol. The van der Waals surface area contributed by atoms with Gasteiger partial charge in [0, 0.05) is 10.9 Å². The summed E-state index contributed by atoms with van der Waals surface area (Å²) in [6, 6.07) is 14.5. The SMILES string of the molecule is Oc1ccc(/C=N/Nc2nnc3c(n2)[nH]c2ccccc23)cc1. The lowest BCUT2D eigenvalue weighted by atomic mass is 10.2. The number of hydrogen-bond acceptors (Lipinski definition) is 6. The number of phenolic OH excluding ortho intramolecular Hbond substituents is 1. The number of fused-ring (bicyclic) bond motifs is 3. The van der Waals surface area contributed by atoms with Gasteiger partial charge in [-0.25, -0.2) is 5.43 Å². The van der Waals surface area contributed by atoms with Crippen LogP contribution in [0.15, 0.2) is 53.6 Å². The number of phenols is 1. The highest BCUT2D eigenvalue weighted by Crippen LogP contribution is 2.21. The van der Waals surface area contributed by atoms with E-state index in [9.17, 15) is 5.11 Å². The summed E-state index contributed by atoms with van der Waals surface area (Å²) in [5.41, 5.74) is 5.94. The zero-order valence-corrected chi connectivity index (χ0v) is 11.9. The van der Waals surface area contributed by atoms with Crippen molar-refractivity contribution in [3.05, 3.63) is 54.1 Å². The third-order valence-electron chi connectivity index (χ3n) is 3.39. The van der Waals surface area contributed by atoms with Crippen LogP contribution in [0.1, 0.15) is 5.56 Å². The molecule has 112 valence electrons. The Bertz CT molecular complexity index is 1010. The molecule has 0 unspecified atom stereocenters. The van der Waals surface area contributed by atoms with Crippen molar-refractivity contribution in [3.8, 4) is 5.75 Å². The van der Waals surface area contributed by atoms with E-state index in [1.165, 1.54) is 0 Å². The third-order valence-corrected chi connectivity index (χ3v) is 3.39. The van der Waals surface area contributed by atoms with Crippen LogP contribution in [0, 0.1) is 0 Å². The molecule has 0 saturated heterocycles. The molecule has 2 heterocycles. The predicted molar refractivity (Wildman–Crippen MR) is 88.5 cm³/mol. The number of para-hydroxylation sites is 1. The molecule has 0 aliphatic carbocycles. The number of hydrogen-bond donors (Lipinski definition) is 3. The fraction of sp³-hybridized carbons (Fsp3) is 0. The average Bonchev–Trinajstić information content (AvgIpc) is 2.94. The Morgan fingerprint density at radius 3 is 2.74 bits per heavy atom. The number of aromatic nitrogens is 4. The predicted octanol–water partition coefficient (Wildman–Crippen LogP) is 2.66. The molecule has 4 rings (SSSR count). The van der Waals surface area contributed by atoms with Crippen LogP contribution in [-0.2, 0) is 0 Å². The van der Waals surface area contributed by atoms with Crippen molar-refractivity contribution in [2.24, 2.45) is 5.10 Å². The second-order valence-electron chi connectivity index (χ2n) is 4.96. The van der Waals surface area contributed by atoms with Gasteiger partial charge in [0.1, 0.15) is 11.3 Å². The third kappa shape index (κ3) is 2.55. The van der Waals surface area contributed by atoms with Gasteiger partial charge in [0.05, 0.1) is 6.21 Å². The Morgan fingerprint density at radius 1 is 1.04 bits per heavy atom. The summed E-state index contributed by atoms with van der Waals surface area (Å²) in [6.45, 7) is 0. The van der Waals surface area contributed by atoms with E-state index in [-0.39, 0.29) is 5.75 Å². The first-order valence-corrected chi connectivity index (χ1v) is 6.99. The van der Waals surface area contributed by atoms with E-state index in [4.69, 9.17) is 0 Å². The molecule has 0 saturated carbocycles. The highest BCUT2D eigenvalue weighted by molar-refractivity contribution is 6.03. The molecule has 0 spiro atoms. The number of anilines is 1. The van der Waals surface area contributed by atoms with Gasteiger partial charge in [-0.15, -0.1) is 10.2 Å². The van der Waals surface area contributed by atoms with E-state index in [0.29, 0.717) is 11.6 Å². The fourth-order valence-electron chi connectivity index (χ4n) is 2.29. The lowest BCUT2D eigenvalue weighted by Gasteiger charge is -1.97. The maximum absolute atomic E-state index is 9.23. The van der Waals surface area contributed by atoms with Gasteiger partial charge in [-0.3, -0.25) is 0 Å². The molecule has 0 aliphatic heterocycles. The molecule has 2 aromatic carbocycles. The van der Waals surface area contributed by atoms with E-state index in [2.05, 4.69) is 30.7 Å². The van der Waals surface area contributed by atoms with Crippen molar-refractivity contribution in [1.82, 2.24) is 20.2 Å². The fourth-order valence-corrected chi connectivity index (χ4v) is 2.29. The summed E-state index contributed by atoms with van der Waals surface area (Å²) in [7, 11) is 0. The number of nitrogens with zero attached hydrogens (tertiary/aromatic N) is 4. The average molecular weight is 304 g/mol. The Hall–Kier alpha value is -3.48. The minimum atomic E-state index is 0.215. The molecule has 0 atom stereocenters. The summed E-state index contributed by atoms with van der Waals surface area (Å²) in [4.78, 5) is 7.56. The van der Waals surface area contributed by atoms with Crippen LogP contribution >= 0.6 is 0 Å². The Labute approximate surface area is 130 Å².